The van der Waals surface area contributed by atoms with Gasteiger partial charge in [0, 0.05) is 19.0 Å². The molecule has 0 atom stereocenters. The van der Waals surface area contributed by atoms with Crippen LogP contribution in [-0.2, 0) is 4.79 Å². The lowest BCUT2D eigenvalue weighted by Gasteiger charge is -2.22. The molecule has 1 aromatic carbocycles. The maximum Gasteiger partial charge on any atom is 0.221 e. The van der Waals surface area contributed by atoms with Gasteiger partial charge in [0.25, 0.3) is 0 Å². The molecule has 0 unspecified atom stereocenters. The van der Waals surface area contributed by atoms with Crippen LogP contribution in [0.4, 0.5) is 5.69 Å². The molecular formula is C18H28N2O2. The lowest BCUT2D eigenvalue weighted by molar-refractivity contribution is -0.121. The molecule has 1 aromatic rings. The minimum Gasteiger partial charge on any atom is -0.489 e. The van der Waals surface area contributed by atoms with E-state index in [4.69, 9.17) is 4.74 Å². The summed E-state index contributed by atoms with van der Waals surface area (Å²) in [7, 11) is 0. The minimum absolute atomic E-state index is 0.137. The van der Waals surface area contributed by atoms with E-state index >= 15 is 0 Å². The molecule has 2 N–H and O–H groups in total. The summed E-state index contributed by atoms with van der Waals surface area (Å²) >= 11 is 0. The molecule has 122 valence electrons. The third kappa shape index (κ3) is 5.58. The Morgan fingerprint density at radius 1 is 1.23 bits per heavy atom. The summed E-state index contributed by atoms with van der Waals surface area (Å²) in [6.07, 6.45) is 6.67. The number of para-hydroxylation sites is 2. The van der Waals surface area contributed by atoms with Gasteiger partial charge in [0.05, 0.1) is 11.8 Å². The van der Waals surface area contributed by atoms with Gasteiger partial charge in [-0.3, -0.25) is 4.79 Å². The fraction of sp³-hybridized carbons (Fsp3) is 0.611. The fourth-order valence-electron chi connectivity index (χ4n) is 2.83. The zero-order valence-electron chi connectivity index (χ0n) is 13.7. The first-order valence-electron chi connectivity index (χ1n) is 8.44. The Morgan fingerprint density at radius 3 is 2.68 bits per heavy atom. The number of anilines is 1. The van der Waals surface area contributed by atoms with E-state index in [0.29, 0.717) is 19.0 Å². The molecular weight excluding hydrogens is 276 g/mol. The van der Waals surface area contributed by atoms with Crippen molar-refractivity contribution >= 4 is 11.6 Å². The van der Waals surface area contributed by atoms with E-state index in [0.717, 1.165) is 24.3 Å². The van der Waals surface area contributed by atoms with Gasteiger partial charge in [-0.25, -0.2) is 0 Å². The van der Waals surface area contributed by atoms with Crippen LogP contribution in [0.25, 0.3) is 0 Å². The van der Waals surface area contributed by atoms with E-state index in [1.165, 1.54) is 19.3 Å². The van der Waals surface area contributed by atoms with Gasteiger partial charge in [-0.15, -0.1) is 0 Å². The molecule has 0 bridgehead atoms. The highest BCUT2D eigenvalue weighted by molar-refractivity contribution is 5.77. The molecule has 4 nitrogen and oxygen atoms in total. The standard InChI is InChI=1S/C18H28N2O2/c1-14(2)22-17-11-7-6-10-16(17)19-13-12-18(21)20-15-8-4-3-5-9-15/h6-7,10-11,14-15,19H,3-5,8-9,12-13H2,1-2H3,(H,20,21). The van der Waals surface area contributed by atoms with Crippen LogP contribution < -0.4 is 15.4 Å². The number of ether oxygens (including phenoxy) is 1. The Balaban J connectivity index is 1.74. The van der Waals surface area contributed by atoms with Gasteiger partial charge in [-0.05, 0) is 38.8 Å². The van der Waals surface area contributed by atoms with Crippen molar-refractivity contribution in [2.24, 2.45) is 0 Å². The van der Waals surface area contributed by atoms with Crippen molar-refractivity contribution in [1.29, 1.82) is 0 Å². The average Bonchev–Trinajstić information content (AvgIpc) is 2.49. The van der Waals surface area contributed by atoms with Crippen molar-refractivity contribution in [2.45, 2.75) is 64.5 Å². The molecule has 2 rings (SSSR count). The van der Waals surface area contributed by atoms with Crippen LogP contribution in [-0.4, -0.2) is 24.6 Å². The van der Waals surface area contributed by atoms with E-state index in [1.54, 1.807) is 0 Å². The summed E-state index contributed by atoms with van der Waals surface area (Å²) in [5.74, 6) is 0.979. The summed E-state index contributed by atoms with van der Waals surface area (Å²) in [4.78, 5) is 12.0. The van der Waals surface area contributed by atoms with Crippen molar-refractivity contribution in [3.05, 3.63) is 24.3 Å². The molecule has 0 radical (unpaired) electrons. The van der Waals surface area contributed by atoms with E-state index < -0.39 is 0 Å². The number of amides is 1. The predicted octanol–water partition coefficient (Wildman–Crippen LogP) is 3.72. The van der Waals surface area contributed by atoms with E-state index in [-0.39, 0.29) is 12.0 Å². The third-order valence-electron chi connectivity index (χ3n) is 3.89. The lowest BCUT2D eigenvalue weighted by atomic mass is 9.95. The van der Waals surface area contributed by atoms with Gasteiger partial charge in [0.1, 0.15) is 5.75 Å². The first-order chi connectivity index (χ1) is 10.6. The number of carbonyl (C=O) groups excluding carboxylic acids is 1. The number of rotatable bonds is 7. The molecule has 0 spiro atoms. The molecule has 1 amide bonds. The highest BCUT2D eigenvalue weighted by Gasteiger charge is 2.15. The monoisotopic (exact) mass is 304 g/mol. The van der Waals surface area contributed by atoms with Gasteiger partial charge < -0.3 is 15.4 Å². The highest BCUT2D eigenvalue weighted by Crippen LogP contribution is 2.24. The Labute approximate surface area is 133 Å². The summed E-state index contributed by atoms with van der Waals surface area (Å²) in [5.41, 5.74) is 0.946. The van der Waals surface area contributed by atoms with Crippen LogP contribution in [0, 0.1) is 0 Å². The van der Waals surface area contributed by atoms with Crippen molar-refractivity contribution < 1.29 is 9.53 Å². The molecule has 1 fully saturated rings. The molecule has 1 aliphatic carbocycles. The predicted molar refractivity (Wildman–Crippen MR) is 90.3 cm³/mol. The molecule has 1 saturated carbocycles. The smallest absolute Gasteiger partial charge is 0.221 e. The van der Waals surface area contributed by atoms with Crippen molar-refractivity contribution in [2.75, 3.05) is 11.9 Å². The number of nitrogens with one attached hydrogen (secondary N) is 2. The maximum absolute atomic E-state index is 12.0. The van der Waals surface area contributed by atoms with Crippen molar-refractivity contribution in [3.63, 3.8) is 0 Å². The molecule has 0 saturated heterocycles. The van der Waals surface area contributed by atoms with Gasteiger partial charge in [-0.2, -0.15) is 0 Å². The quantitative estimate of drug-likeness (QED) is 0.807. The summed E-state index contributed by atoms with van der Waals surface area (Å²) < 4.78 is 5.76. The Hall–Kier alpha value is -1.71. The topological polar surface area (TPSA) is 50.4 Å². The SMILES string of the molecule is CC(C)Oc1ccccc1NCCC(=O)NC1CCCCC1. The number of carbonyl (C=O) groups is 1. The lowest BCUT2D eigenvalue weighted by Crippen LogP contribution is -2.36. The summed E-state index contributed by atoms with van der Waals surface area (Å²) in [6.45, 7) is 4.64. The molecule has 0 aliphatic heterocycles. The fourth-order valence-corrected chi connectivity index (χ4v) is 2.83. The van der Waals surface area contributed by atoms with Crippen LogP contribution in [0.15, 0.2) is 24.3 Å². The first-order valence-corrected chi connectivity index (χ1v) is 8.44. The highest BCUT2D eigenvalue weighted by atomic mass is 16.5. The maximum atomic E-state index is 12.0. The normalized spacial score (nSPS) is 15.6. The van der Waals surface area contributed by atoms with Crippen LogP contribution in [0.3, 0.4) is 0 Å². The minimum atomic E-state index is 0.137. The second kappa shape index (κ2) is 8.66. The number of benzene rings is 1. The van der Waals surface area contributed by atoms with Crippen molar-refractivity contribution in [1.82, 2.24) is 5.32 Å². The third-order valence-corrected chi connectivity index (χ3v) is 3.89. The molecule has 22 heavy (non-hydrogen) atoms. The van der Waals surface area contributed by atoms with Crippen molar-refractivity contribution in [3.8, 4) is 5.75 Å². The zero-order chi connectivity index (χ0) is 15.8. The van der Waals surface area contributed by atoms with Crippen LogP contribution in [0.5, 0.6) is 5.75 Å². The Morgan fingerprint density at radius 2 is 1.95 bits per heavy atom. The van der Waals surface area contributed by atoms with Gasteiger partial charge in [-0.1, -0.05) is 31.4 Å². The Bertz CT molecular complexity index is 468. The number of hydrogen-bond donors (Lipinski definition) is 2. The van der Waals surface area contributed by atoms with Gasteiger partial charge in [0.15, 0.2) is 0 Å². The molecule has 4 heteroatoms. The second-order valence-electron chi connectivity index (χ2n) is 6.24. The largest absolute Gasteiger partial charge is 0.489 e. The van der Waals surface area contributed by atoms with Gasteiger partial charge in [0.2, 0.25) is 5.91 Å². The van der Waals surface area contributed by atoms with Crippen LogP contribution in [0.2, 0.25) is 0 Å². The summed E-state index contributed by atoms with van der Waals surface area (Å²) in [6, 6.07) is 8.25. The number of hydrogen-bond acceptors (Lipinski definition) is 3. The zero-order valence-corrected chi connectivity index (χ0v) is 13.7. The second-order valence-corrected chi connectivity index (χ2v) is 6.24. The van der Waals surface area contributed by atoms with Crippen LogP contribution in [0.1, 0.15) is 52.4 Å². The molecule has 1 aliphatic rings. The van der Waals surface area contributed by atoms with E-state index in [1.807, 2.05) is 38.1 Å². The summed E-state index contributed by atoms with van der Waals surface area (Å²) in [5, 5.41) is 6.44. The van der Waals surface area contributed by atoms with Gasteiger partial charge >= 0.3 is 0 Å². The van der Waals surface area contributed by atoms with E-state index in [2.05, 4.69) is 10.6 Å². The van der Waals surface area contributed by atoms with Crippen LogP contribution >= 0.6 is 0 Å². The molecule has 0 aromatic heterocycles. The van der Waals surface area contributed by atoms with E-state index in [9.17, 15) is 4.79 Å². The average molecular weight is 304 g/mol. The molecule has 0 heterocycles. The Kier molecular flexibility index (Phi) is 6.56. The first kappa shape index (κ1) is 16.7.